The molecular formula is C23H22F6N2O3. The molecule has 0 aliphatic heterocycles. The summed E-state index contributed by atoms with van der Waals surface area (Å²) < 4.78 is 89.6. The first-order valence-corrected chi connectivity index (χ1v) is 10.3. The topological polar surface area (TPSA) is 52.8 Å². The van der Waals surface area contributed by atoms with Gasteiger partial charge >= 0.3 is 6.18 Å². The summed E-state index contributed by atoms with van der Waals surface area (Å²) in [7, 11) is 0. The normalized spacial score (nSPS) is 12.9. The zero-order valence-electron chi connectivity index (χ0n) is 18.6. The second kappa shape index (κ2) is 10.0. The van der Waals surface area contributed by atoms with Crippen LogP contribution in [0.25, 0.3) is 5.52 Å². The number of aryl methyl sites for hydroxylation is 2. The van der Waals surface area contributed by atoms with E-state index in [1.165, 1.54) is 10.6 Å². The van der Waals surface area contributed by atoms with Gasteiger partial charge in [0, 0.05) is 12.5 Å². The van der Waals surface area contributed by atoms with Gasteiger partial charge in [0.15, 0.2) is 17.4 Å². The van der Waals surface area contributed by atoms with Crippen molar-refractivity contribution in [3.05, 3.63) is 64.1 Å². The van der Waals surface area contributed by atoms with Crippen molar-refractivity contribution in [3.8, 4) is 5.88 Å². The molecule has 0 bridgehead atoms. The number of hydrogen-bond donors (Lipinski definition) is 0. The van der Waals surface area contributed by atoms with Crippen LogP contribution in [-0.2, 0) is 11.3 Å². The summed E-state index contributed by atoms with van der Waals surface area (Å²) in [5, 5.41) is 4.28. The maximum atomic E-state index is 14.0. The molecule has 0 amide bonds. The van der Waals surface area contributed by atoms with E-state index in [1.807, 2.05) is 0 Å². The Labute approximate surface area is 191 Å². The summed E-state index contributed by atoms with van der Waals surface area (Å²) >= 11 is 0. The van der Waals surface area contributed by atoms with Crippen molar-refractivity contribution in [1.29, 1.82) is 0 Å². The smallest absolute Gasteiger partial charge is 0.411 e. The van der Waals surface area contributed by atoms with Gasteiger partial charge in [0.2, 0.25) is 5.88 Å². The number of carbonyl (C=O) groups excluding carboxylic acids is 1. The van der Waals surface area contributed by atoms with Gasteiger partial charge in [0.1, 0.15) is 19.0 Å². The third kappa shape index (κ3) is 5.88. The molecule has 0 aliphatic carbocycles. The van der Waals surface area contributed by atoms with Gasteiger partial charge in [-0.05, 0) is 43.5 Å². The van der Waals surface area contributed by atoms with E-state index in [1.54, 1.807) is 26.8 Å². The van der Waals surface area contributed by atoms with E-state index < -0.39 is 48.3 Å². The molecule has 0 saturated heterocycles. The predicted octanol–water partition coefficient (Wildman–Crippen LogP) is 5.74. The lowest BCUT2D eigenvalue weighted by Gasteiger charge is -2.13. The molecule has 1 atom stereocenters. The van der Waals surface area contributed by atoms with E-state index in [9.17, 15) is 31.1 Å². The number of benzene rings is 1. The van der Waals surface area contributed by atoms with Gasteiger partial charge in [-0.15, -0.1) is 0 Å². The van der Waals surface area contributed by atoms with Crippen molar-refractivity contribution in [2.75, 3.05) is 13.2 Å². The highest BCUT2D eigenvalue weighted by molar-refractivity contribution is 6.03. The van der Waals surface area contributed by atoms with E-state index in [-0.39, 0.29) is 30.3 Å². The highest BCUT2D eigenvalue weighted by atomic mass is 19.4. The Morgan fingerprint density at radius 2 is 1.79 bits per heavy atom. The van der Waals surface area contributed by atoms with Crippen molar-refractivity contribution >= 4 is 11.3 Å². The fraction of sp³-hybridized carbons (Fsp3) is 0.391. The van der Waals surface area contributed by atoms with Gasteiger partial charge in [-0.25, -0.2) is 17.7 Å². The monoisotopic (exact) mass is 488 g/mol. The minimum absolute atomic E-state index is 0.0711. The van der Waals surface area contributed by atoms with Crippen LogP contribution in [-0.4, -0.2) is 34.8 Å². The predicted molar refractivity (Wildman–Crippen MR) is 110 cm³/mol. The average Bonchev–Trinajstić information content (AvgIpc) is 3.05. The van der Waals surface area contributed by atoms with Crippen LogP contribution in [0.2, 0.25) is 0 Å². The lowest BCUT2D eigenvalue weighted by Crippen LogP contribution is -2.20. The van der Waals surface area contributed by atoms with Crippen molar-refractivity contribution < 1.29 is 40.6 Å². The second-order valence-electron chi connectivity index (χ2n) is 8.10. The number of ketones is 1. The molecule has 184 valence electrons. The van der Waals surface area contributed by atoms with E-state index in [2.05, 4.69) is 9.84 Å². The quantitative estimate of drug-likeness (QED) is 0.219. The molecule has 2 aromatic heterocycles. The number of ether oxygens (including phenoxy) is 2. The molecule has 1 unspecified atom stereocenters. The Morgan fingerprint density at radius 1 is 1.12 bits per heavy atom. The van der Waals surface area contributed by atoms with Crippen molar-refractivity contribution in [2.24, 2.45) is 5.92 Å². The highest BCUT2D eigenvalue weighted by Crippen LogP contribution is 2.27. The van der Waals surface area contributed by atoms with Crippen LogP contribution < -0.4 is 4.74 Å². The number of fused-ring (bicyclic) bond motifs is 1. The van der Waals surface area contributed by atoms with Crippen molar-refractivity contribution in [2.45, 2.75) is 40.0 Å². The summed E-state index contributed by atoms with van der Waals surface area (Å²) in [5.41, 5.74) is 1.01. The number of halogens is 6. The van der Waals surface area contributed by atoms with Crippen molar-refractivity contribution in [3.63, 3.8) is 0 Å². The maximum Gasteiger partial charge on any atom is 0.411 e. The van der Waals surface area contributed by atoms with Crippen LogP contribution in [0.3, 0.4) is 0 Å². The number of aromatic nitrogens is 2. The molecule has 0 radical (unpaired) electrons. The van der Waals surface area contributed by atoms with Crippen LogP contribution in [0, 0.1) is 37.2 Å². The summed E-state index contributed by atoms with van der Waals surface area (Å²) in [5.74, 6) is -4.32. The summed E-state index contributed by atoms with van der Waals surface area (Å²) in [6.45, 7) is 2.62. The minimum atomic E-state index is -4.45. The largest absolute Gasteiger partial charge is 0.473 e. The Kier molecular flexibility index (Phi) is 7.54. The Morgan fingerprint density at radius 3 is 2.47 bits per heavy atom. The molecule has 0 aliphatic rings. The van der Waals surface area contributed by atoms with E-state index in [0.29, 0.717) is 22.8 Å². The number of hydrogen-bond acceptors (Lipinski definition) is 4. The SMILES string of the molecule is Cc1cc(OCc2c(F)ccc(F)c2F)n2nc(C)c(C(=O)CC(C)COCC(F)(F)F)c2c1. The molecule has 0 N–H and O–H groups in total. The number of nitrogens with zero attached hydrogens (tertiary/aromatic N) is 2. The van der Waals surface area contributed by atoms with Gasteiger partial charge in [0.05, 0.1) is 28.9 Å². The van der Waals surface area contributed by atoms with E-state index in [4.69, 9.17) is 4.74 Å². The van der Waals surface area contributed by atoms with Gasteiger partial charge < -0.3 is 9.47 Å². The van der Waals surface area contributed by atoms with Gasteiger partial charge in [-0.3, -0.25) is 4.79 Å². The molecule has 11 heteroatoms. The third-order valence-corrected chi connectivity index (χ3v) is 5.00. The molecule has 2 heterocycles. The Hall–Kier alpha value is -3.08. The van der Waals surface area contributed by atoms with Crippen LogP contribution in [0.4, 0.5) is 26.3 Å². The first kappa shape index (κ1) is 25.5. The zero-order chi connectivity index (χ0) is 25.2. The standard InChI is InChI=1S/C23H22F6N2O3/c1-12-6-18-21(19(32)7-13(2)9-33-11-23(27,28)29)14(3)30-31(18)20(8-12)34-10-15-16(24)4-5-17(25)22(15)26/h4-6,8,13H,7,9-11H2,1-3H3. The fourth-order valence-corrected chi connectivity index (χ4v) is 3.51. The summed E-state index contributed by atoms with van der Waals surface area (Å²) in [6, 6.07) is 4.66. The van der Waals surface area contributed by atoms with Crippen LogP contribution in [0.5, 0.6) is 5.88 Å². The highest BCUT2D eigenvalue weighted by Gasteiger charge is 2.28. The van der Waals surface area contributed by atoms with Gasteiger partial charge in [0.25, 0.3) is 0 Å². The molecule has 3 aromatic rings. The molecule has 0 saturated carbocycles. The molecule has 0 fully saturated rings. The lowest BCUT2D eigenvalue weighted by molar-refractivity contribution is -0.176. The molecule has 0 spiro atoms. The Bertz CT molecular complexity index is 1210. The molecule has 34 heavy (non-hydrogen) atoms. The number of rotatable bonds is 9. The van der Waals surface area contributed by atoms with Crippen LogP contribution >= 0.6 is 0 Å². The van der Waals surface area contributed by atoms with E-state index in [0.717, 1.165) is 6.07 Å². The van der Waals surface area contributed by atoms with Crippen LogP contribution in [0.15, 0.2) is 24.3 Å². The molecule has 3 rings (SSSR count). The zero-order valence-corrected chi connectivity index (χ0v) is 18.6. The lowest BCUT2D eigenvalue weighted by atomic mass is 9.99. The van der Waals surface area contributed by atoms with Gasteiger partial charge in [-0.2, -0.15) is 18.3 Å². The van der Waals surface area contributed by atoms with Crippen LogP contribution in [0.1, 0.15) is 40.5 Å². The minimum Gasteiger partial charge on any atom is -0.473 e. The number of alkyl halides is 3. The summed E-state index contributed by atoms with van der Waals surface area (Å²) in [6.07, 6.45) is -4.53. The fourth-order valence-electron chi connectivity index (χ4n) is 3.51. The molecule has 1 aromatic carbocycles. The van der Waals surface area contributed by atoms with Gasteiger partial charge in [-0.1, -0.05) is 6.92 Å². The second-order valence-corrected chi connectivity index (χ2v) is 8.10. The maximum absolute atomic E-state index is 14.0. The summed E-state index contributed by atoms with van der Waals surface area (Å²) in [4.78, 5) is 12.9. The first-order chi connectivity index (χ1) is 15.9. The van der Waals surface area contributed by atoms with Crippen molar-refractivity contribution in [1.82, 2.24) is 9.61 Å². The average molecular weight is 488 g/mol. The number of pyridine rings is 1. The third-order valence-electron chi connectivity index (χ3n) is 5.00. The first-order valence-electron chi connectivity index (χ1n) is 10.3. The molecular weight excluding hydrogens is 466 g/mol. The number of Topliss-reactive ketones (excluding diaryl/α,β-unsaturated/α-hetero) is 1. The van der Waals surface area contributed by atoms with E-state index >= 15 is 0 Å². The Balaban J connectivity index is 1.83. The molecule has 5 nitrogen and oxygen atoms in total. The number of carbonyl (C=O) groups is 1.